The lowest BCUT2D eigenvalue weighted by molar-refractivity contribution is 0.371. The summed E-state index contributed by atoms with van der Waals surface area (Å²) in [7, 11) is -5.85. The molecule has 0 heterocycles. The van der Waals surface area contributed by atoms with Gasteiger partial charge in [-0.15, -0.1) is 9.79 Å². The third-order valence-corrected chi connectivity index (χ3v) is 2.40. The molecule has 2 unspecified atom stereocenters. The molecular weight excluding hydrogens is 252 g/mol. The molecule has 16 heavy (non-hydrogen) atoms. The summed E-state index contributed by atoms with van der Waals surface area (Å²) in [6.07, 6.45) is 0. The Morgan fingerprint density at radius 1 is 1.19 bits per heavy atom. The first kappa shape index (κ1) is 14.8. The highest BCUT2D eigenvalue weighted by molar-refractivity contribution is 7.46. The van der Waals surface area contributed by atoms with E-state index in [0.717, 1.165) is 5.56 Å². The Hall–Kier alpha value is -1.16. The van der Waals surface area contributed by atoms with Gasteiger partial charge in [-0.25, -0.2) is 0 Å². The van der Waals surface area contributed by atoms with Crippen molar-refractivity contribution in [3.05, 3.63) is 42.5 Å². The summed E-state index contributed by atoms with van der Waals surface area (Å²) >= 11 is 0. The number of benzene rings is 1. The number of hydrogen-bond acceptors (Lipinski definition) is 4. The molecule has 2 atom stereocenters. The Bertz CT molecular complexity index is 369. The van der Waals surface area contributed by atoms with E-state index in [1.165, 1.54) is 0 Å². The lowest BCUT2D eigenvalue weighted by atomic mass is 10.2. The zero-order valence-corrected chi connectivity index (χ0v) is 9.97. The van der Waals surface area contributed by atoms with Gasteiger partial charge in [0.1, 0.15) is 0 Å². The minimum atomic E-state index is -2.92. The molecular formula is C8H11NO5P2+2. The molecule has 1 aromatic rings. The molecule has 1 aromatic carbocycles. The normalized spacial score (nSPS) is 10.9. The molecule has 6 nitrogen and oxygen atoms in total. The van der Waals surface area contributed by atoms with Gasteiger partial charge in [-0.2, -0.15) is 0 Å². The first-order valence-electron chi connectivity index (χ1n) is 3.93. The molecule has 0 spiro atoms. The van der Waals surface area contributed by atoms with Gasteiger partial charge < -0.3 is 5.73 Å². The highest BCUT2D eigenvalue weighted by Crippen LogP contribution is 2.30. The van der Waals surface area contributed by atoms with Crippen LogP contribution in [0.5, 0.6) is 0 Å². The minimum Gasteiger partial charge on any atom is -0.399 e. The highest BCUT2D eigenvalue weighted by Gasteiger charge is 2.31. The number of rotatable bonds is 3. The zero-order chi connectivity index (χ0) is 12.6. The van der Waals surface area contributed by atoms with E-state index >= 15 is 0 Å². The van der Waals surface area contributed by atoms with Crippen LogP contribution in [0.2, 0.25) is 0 Å². The highest BCUT2D eigenvalue weighted by atomic mass is 31.2. The van der Waals surface area contributed by atoms with Gasteiger partial charge in [0.05, 0.1) is 0 Å². The van der Waals surface area contributed by atoms with Gasteiger partial charge in [0.25, 0.3) is 0 Å². The van der Waals surface area contributed by atoms with Crippen molar-refractivity contribution in [3.63, 3.8) is 0 Å². The molecule has 0 radical (unpaired) electrons. The van der Waals surface area contributed by atoms with Crippen LogP contribution in [0.4, 0.5) is 0 Å². The largest absolute Gasteiger partial charge is 0.745 e. The van der Waals surface area contributed by atoms with E-state index in [-0.39, 0.29) is 0 Å². The van der Waals surface area contributed by atoms with Gasteiger partial charge in [-0.1, -0.05) is 36.9 Å². The van der Waals surface area contributed by atoms with Crippen molar-refractivity contribution >= 4 is 22.2 Å². The van der Waals surface area contributed by atoms with Gasteiger partial charge in [0.15, 0.2) is 4.31 Å². The van der Waals surface area contributed by atoms with Gasteiger partial charge >= 0.3 is 16.5 Å². The second-order valence-corrected chi connectivity index (χ2v) is 4.05. The molecule has 0 aliphatic rings. The summed E-state index contributed by atoms with van der Waals surface area (Å²) in [4.78, 5) is 15.3. The first-order chi connectivity index (χ1) is 7.43. The zero-order valence-electron chi connectivity index (χ0n) is 8.18. The van der Waals surface area contributed by atoms with Crippen molar-refractivity contribution in [2.24, 2.45) is 5.73 Å². The fourth-order valence-corrected chi connectivity index (χ4v) is 1.19. The molecule has 1 rings (SSSR count). The van der Waals surface area contributed by atoms with Crippen molar-refractivity contribution < 1.29 is 23.2 Å². The van der Waals surface area contributed by atoms with Gasteiger partial charge in [0.2, 0.25) is 0 Å². The standard InChI is InChI=1S/C8H9N.O5P2/c1-7(9)8-5-3-2-4-6-8;1-6(2)5-7(3)4/h2-6H,1,9H2;/p+2. The van der Waals surface area contributed by atoms with Crippen LogP contribution in [-0.2, 0) is 13.4 Å². The maximum atomic E-state index is 9.39. The summed E-state index contributed by atoms with van der Waals surface area (Å²) in [5.41, 5.74) is 7.04. The first-order valence-corrected chi connectivity index (χ1v) is 6.19. The fourth-order valence-electron chi connectivity index (χ4n) is 0.712. The number of nitrogens with two attached hydrogens (primary N) is 1. The Kier molecular flexibility index (Phi) is 7.46. The number of hydrogen-bond donors (Lipinski definition) is 3. The second-order valence-electron chi connectivity index (χ2n) is 2.45. The van der Waals surface area contributed by atoms with Crippen molar-refractivity contribution in [2.75, 3.05) is 0 Å². The van der Waals surface area contributed by atoms with Gasteiger partial charge in [-0.05, 0) is 5.56 Å². The Morgan fingerprint density at radius 2 is 1.62 bits per heavy atom. The van der Waals surface area contributed by atoms with Crippen molar-refractivity contribution in [1.82, 2.24) is 0 Å². The smallest absolute Gasteiger partial charge is 0.399 e. The maximum absolute atomic E-state index is 9.39. The topological polar surface area (TPSA) is 110 Å². The second kappa shape index (κ2) is 8.05. The van der Waals surface area contributed by atoms with E-state index < -0.39 is 16.5 Å². The predicted octanol–water partition coefficient (Wildman–Crippen LogP) is 1.92. The molecule has 0 saturated carbocycles. The Balaban J connectivity index is 0.000000293. The molecule has 4 N–H and O–H groups in total. The van der Waals surface area contributed by atoms with Gasteiger partial charge in [-0.3, -0.25) is 0 Å². The van der Waals surface area contributed by atoms with E-state index in [1.807, 2.05) is 30.3 Å². The summed E-state index contributed by atoms with van der Waals surface area (Å²) in [6, 6.07) is 9.69. The molecule has 0 bridgehead atoms. The van der Waals surface area contributed by atoms with Crippen LogP contribution in [0.25, 0.3) is 5.70 Å². The summed E-state index contributed by atoms with van der Waals surface area (Å²) in [5.74, 6) is 0. The van der Waals surface area contributed by atoms with Gasteiger partial charge in [0, 0.05) is 14.8 Å². The Labute approximate surface area is 94.3 Å². The molecule has 0 aliphatic carbocycles. The average Bonchev–Trinajstić information content (AvgIpc) is 2.17. The minimum absolute atomic E-state index is 0.621. The summed E-state index contributed by atoms with van der Waals surface area (Å²) in [6.45, 7) is 3.60. The Morgan fingerprint density at radius 3 is 1.81 bits per heavy atom. The van der Waals surface area contributed by atoms with Crippen molar-refractivity contribution in [3.8, 4) is 0 Å². The maximum Gasteiger partial charge on any atom is 0.745 e. The van der Waals surface area contributed by atoms with E-state index in [2.05, 4.69) is 10.9 Å². The van der Waals surface area contributed by atoms with Crippen LogP contribution < -0.4 is 5.73 Å². The molecule has 8 heteroatoms. The third kappa shape index (κ3) is 8.17. The van der Waals surface area contributed by atoms with Crippen LogP contribution in [0.15, 0.2) is 36.9 Å². The summed E-state index contributed by atoms with van der Waals surface area (Å²) in [5, 5.41) is 0. The predicted molar refractivity (Wildman–Crippen MR) is 60.4 cm³/mol. The lowest BCUT2D eigenvalue weighted by Crippen LogP contribution is -1.91. The SMILES string of the molecule is C=C(N)c1ccccc1.O=[P+](O)O[P+](=O)O. The van der Waals surface area contributed by atoms with Crippen LogP contribution in [0.3, 0.4) is 0 Å². The average molecular weight is 263 g/mol. The molecule has 86 valence electrons. The molecule has 0 aromatic heterocycles. The quantitative estimate of drug-likeness (QED) is 0.718. The van der Waals surface area contributed by atoms with E-state index in [0.29, 0.717) is 5.70 Å². The molecule has 0 aliphatic heterocycles. The van der Waals surface area contributed by atoms with Crippen LogP contribution in [0.1, 0.15) is 5.56 Å². The van der Waals surface area contributed by atoms with Crippen LogP contribution >= 0.6 is 16.5 Å². The third-order valence-electron chi connectivity index (χ3n) is 1.28. The fraction of sp³-hybridized carbons (Fsp3) is 0. The van der Waals surface area contributed by atoms with Crippen molar-refractivity contribution in [1.29, 1.82) is 0 Å². The van der Waals surface area contributed by atoms with E-state index in [9.17, 15) is 9.13 Å². The lowest BCUT2D eigenvalue weighted by Gasteiger charge is -1.95. The van der Waals surface area contributed by atoms with Crippen molar-refractivity contribution in [2.45, 2.75) is 0 Å². The summed E-state index contributed by atoms with van der Waals surface area (Å²) < 4.78 is 22.2. The van der Waals surface area contributed by atoms with Crippen LogP contribution in [-0.4, -0.2) is 9.79 Å². The van der Waals surface area contributed by atoms with Crippen LogP contribution in [0, 0.1) is 0 Å². The molecule has 0 saturated heterocycles. The van der Waals surface area contributed by atoms with E-state index in [4.69, 9.17) is 15.5 Å². The molecule has 0 amide bonds. The van der Waals surface area contributed by atoms with E-state index in [1.54, 1.807) is 0 Å². The molecule has 0 fully saturated rings. The monoisotopic (exact) mass is 263 g/mol.